The van der Waals surface area contributed by atoms with Gasteiger partial charge in [0.1, 0.15) is 0 Å². The highest BCUT2D eigenvalue weighted by atomic mass is 32.1. The van der Waals surface area contributed by atoms with E-state index < -0.39 is 0 Å². The van der Waals surface area contributed by atoms with Crippen LogP contribution in [0, 0.1) is 5.92 Å². The molecular weight excluding hydrogens is 194 g/mol. The van der Waals surface area contributed by atoms with Crippen LogP contribution >= 0.6 is 12.6 Å². The van der Waals surface area contributed by atoms with Gasteiger partial charge < -0.3 is 5.11 Å². The van der Waals surface area contributed by atoms with Gasteiger partial charge in [0.15, 0.2) is 0 Å². The molecule has 84 valence electrons. The Morgan fingerprint density at radius 2 is 2.07 bits per heavy atom. The molecule has 0 saturated heterocycles. The standard InChI is InChI=1S/C11H23NOS/c1-10(9-14)8-12(6-7-13)11-4-2-3-5-11/h10-11,13-14H,2-9H2,1H3. The lowest BCUT2D eigenvalue weighted by Crippen LogP contribution is -2.39. The Morgan fingerprint density at radius 3 is 2.57 bits per heavy atom. The van der Waals surface area contributed by atoms with Crippen molar-refractivity contribution in [3.05, 3.63) is 0 Å². The molecule has 0 heterocycles. The van der Waals surface area contributed by atoms with Crippen molar-refractivity contribution in [2.75, 3.05) is 25.4 Å². The Balaban J connectivity index is 2.36. The van der Waals surface area contributed by atoms with Crippen LogP contribution in [-0.4, -0.2) is 41.5 Å². The van der Waals surface area contributed by atoms with Crippen LogP contribution in [0.25, 0.3) is 0 Å². The van der Waals surface area contributed by atoms with Gasteiger partial charge in [0.25, 0.3) is 0 Å². The summed E-state index contributed by atoms with van der Waals surface area (Å²) in [4.78, 5) is 2.45. The first-order valence-electron chi connectivity index (χ1n) is 5.73. The summed E-state index contributed by atoms with van der Waals surface area (Å²) in [6.07, 6.45) is 5.36. The third-order valence-corrected chi connectivity index (χ3v) is 3.71. The van der Waals surface area contributed by atoms with Crippen molar-refractivity contribution < 1.29 is 5.11 Å². The quantitative estimate of drug-likeness (QED) is 0.663. The van der Waals surface area contributed by atoms with E-state index in [1.54, 1.807) is 0 Å². The second-order valence-corrected chi connectivity index (χ2v) is 4.81. The number of thiol groups is 1. The maximum absolute atomic E-state index is 9.02. The van der Waals surface area contributed by atoms with Gasteiger partial charge in [-0.15, -0.1) is 0 Å². The van der Waals surface area contributed by atoms with Gasteiger partial charge in [-0.1, -0.05) is 19.8 Å². The molecule has 1 rings (SSSR count). The topological polar surface area (TPSA) is 23.5 Å². The highest BCUT2D eigenvalue weighted by Crippen LogP contribution is 2.24. The van der Waals surface area contributed by atoms with Crippen molar-refractivity contribution in [3.63, 3.8) is 0 Å². The van der Waals surface area contributed by atoms with Crippen LogP contribution in [0.1, 0.15) is 32.6 Å². The van der Waals surface area contributed by atoms with Crippen molar-refractivity contribution in [2.45, 2.75) is 38.6 Å². The van der Waals surface area contributed by atoms with E-state index in [2.05, 4.69) is 24.5 Å². The fourth-order valence-electron chi connectivity index (χ4n) is 2.28. The number of aliphatic hydroxyl groups is 1. The molecule has 14 heavy (non-hydrogen) atoms. The zero-order valence-corrected chi connectivity index (χ0v) is 10.0. The van der Waals surface area contributed by atoms with Crippen molar-refractivity contribution in [1.29, 1.82) is 0 Å². The molecule has 1 N–H and O–H groups in total. The SMILES string of the molecule is CC(CS)CN(CCO)C1CCCC1. The van der Waals surface area contributed by atoms with Gasteiger partial charge in [-0.2, -0.15) is 12.6 Å². The normalized spacial score (nSPS) is 20.6. The lowest BCUT2D eigenvalue weighted by atomic mass is 10.1. The zero-order chi connectivity index (χ0) is 10.4. The second kappa shape index (κ2) is 6.70. The van der Waals surface area contributed by atoms with Crippen LogP contribution in [-0.2, 0) is 0 Å². The summed E-state index contributed by atoms with van der Waals surface area (Å²) in [6, 6.07) is 0.726. The van der Waals surface area contributed by atoms with E-state index >= 15 is 0 Å². The Hall–Kier alpha value is 0.270. The molecule has 0 radical (unpaired) electrons. The summed E-state index contributed by atoms with van der Waals surface area (Å²) >= 11 is 4.31. The predicted octanol–water partition coefficient (Wildman–Crippen LogP) is 1.79. The van der Waals surface area contributed by atoms with Crippen LogP contribution < -0.4 is 0 Å². The molecule has 1 aliphatic rings. The first kappa shape index (κ1) is 12.3. The van der Waals surface area contributed by atoms with E-state index in [0.717, 1.165) is 24.9 Å². The Morgan fingerprint density at radius 1 is 1.43 bits per heavy atom. The first-order chi connectivity index (χ1) is 6.77. The van der Waals surface area contributed by atoms with E-state index in [4.69, 9.17) is 5.11 Å². The van der Waals surface area contributed by atoms with Gasteiger partial charge in [-0.3, -0.25) is 4.90 Å². The van der Waals surface area contributed by atoms with Gasteiger partial charge in [-0.05, 0) is 24.5 Å². The van der Waals surface area contributed by atoms with Crippen LogP contribution in [0.5, 0.6) is 0 Å². The number of aliphatic hydroxyl groups excluding tert-OH is 1. The van der Waals surface area contributed by atoms with Crippen molar-refractivity contribution in [2.24, 2.45) is 5.92 Å². The van der Waals surface area contributed by atoms with Crippen LogP contribution in [0.3, 0.4) is 0 Å². The summed E-state index contributed by atoms with van der Waals surface area (Å²) in [5.41, 5.74) is 0. The van der Waals surface area contributed by atoms with Crippen molar-refractivity contribution in [1.82, 2.24) is 4.90 Å². The number of hydrogen-bond donors (Lipinski definition) is 2. The summed E-state index contributed by atoms with van der Waals surface area (Å²) < 4.78 is 0. The third-order valence-electron chi connectivity index (χ3n) is 3.09. The molecule has 0 aliphatic heterocycles. The minimum absolute atomic E-state index is 0.287. The first-order valence-corrected chi connectivity index (χ1v) is 6.37. The predicted molar refractivity (Wildman–Crippen MR) is 63.9 cm³/mol. The fraction of sp³-hybridized carbons (Fsp3) is 1.00. The highest BCUT2D eigenvalue weighted by molar-refractivity contribution is 7.80. The summed E-state index contributed by atoms with van der Waals surface area (Å²) in [6.45, 7) is 4.44. The van der Waals surface area contributed by atoms with E-state index in [-0.39, 0.29) is 6.61 Å². The fourth-order valence-corrected chi connectivity index (χ4v) is 2.39. The summed E-state index contributed by atoms with van der Waals surface area (Å²) in [7, 11) is 0. The average Bonchev–Trinajstić information content (AvgIpc) is 2.69. The monoisotopic (exact) mass is 217 g/mol. The molecule has 0 aromatic rings. The Bertz CT molecular complexity index is 148. The molecule has 1 atom stereocenters. The molecular formula is C11H23NOS. The third kappa shape index (κ3) is 3.79. The molecule has 3 heteroatoms. The van der Waals surface area contributed by atoms with Crippen LogP contribution in [0.15, 0.2) is 0 Å². The molecule has 0 bridgehead atoms. The van der Waals surface area contributed by atoms with E-state index in [0.29, 0.717) is 5.92 Å². The Kier molecular flexibility index (Phi) is 5.90. The van der Waals surface area contributed by atoms with Crippen molar-refractivity contribution in [3.8, 4) is 0 Å². The summed E-state index contributed by atoms with van der Waals surface area (Å²) in [5.74, 6) is 1.57. The summed E-state index contributed by atoms with van der Waals surface area (Å²) in [5, 5.41) is 9.02. The zero-order valence-electron chi connectivity index (χ0n) is 9.15. The molecule has 1 unspecified atom stereocenters. The van der Waals surface area contributed by atoms with Gasteiger partial charge >= 0.3 is 0 Å². The Labute approximate surface area is 93.1 Å². The molecule has 1 aliphatic carbocycles. The van der Waals surface area contributed by atoms with E-state index in [9.17, 15) is 0 Å². The number of rotatable bonds is 6. The largest absolute Gasteiger partial charge is 0.395 e. The van der Waals surface area contributed by atoms with Crippen LogP contribution in [0.2, 0.25) is 0 Å². The molecule has 1 fully saturated rings. The number of hydrogen-bond acceptors (Lipinski definition) is 3. The van der Waals surface area contributed by atoms with Crippen LogP contribution in [0.4, 0.5) is 0 Å². The lowest BCUT2D eigenvalue weighted by molar-refractivity contribution is 0.138. The molecule has 0 aromatic carbocycles. The van der Waals surface area contributed by atoms with E-state index in [1.165, 1.54) is 25.7 Å². The van der Waals surface area contributed by atoms with Crippen molar-refractivity contribution >= 4 is 12.6 Å². The molecule has 0 spiro atoms. The second-order valence-electron chi connectivity index (χ2n) is 4.44. The molecule has 0 amide bonds. The molecule has 1 saturated carbocycles. The maximum Gasteiger partial charge on any atom is 0.0558 e. The molecule has 2 nitrogen and oxygen atoms in total. The van der Waals surface area contributed by atoms with Gasteiger partial charge in [0, 0.05) is 19.1 Å². The minimum Gasteiger partial charge on any atom is -0.395 e. The van der Waals surface area contributed by atoms with E-state index in [1.807, 2.05) is 0 Å². The lowest BCUT2D eigenvalue weighted by Gasteiger charge is -2.30. The maximum atomic E-state index is 9.02. The number of nitrogens with zero attached hydrogens (tertiary/aromatic N) is 1. The van der Waals surface area contributed by atoms with Gasteiger partial charge in [-0.25, -0.2) is 0 Å². The minimum atomic E-state index is 0.287. The van der Waals surface area contributed by atoms with Gasteiger partial charge in [0.2, 0.25) is 0 Å². The molecule has 0 aromatic heterocycles. The highest BCUT2D eigenvalue weighted by Gasteiger charge is 2.22. The van der Waals surface area contributed by atoms with Gasteiger partial charge in [0.05, 0.1) is 6.61 Å². The smallest absolute Gasteiger partial charge is 0.0558 e. The average molecular weight is 217 g/mol.